The summed E-state index contributed by atoms with van der Waals surface area (Å²) in [6.45, 7) is 3.29. The first kappa shape index (κ1) is 16.6. The monoisotopic (exact) mass is 307 g/mol. The lowest BCUT2D eigenvalue weighted by Gasteiger charge is -2.22. The van der Waals surface area contributed by atoms with Crippen molar-refractivity contribution >= 4 is 5.96 Å². The number of hydrogen-bond donors (Lipinski definition) is 1. The molecule has 0 radical (unpaired) electrons. The van der Waals surface area contributed by atoms with Gasteiger partial charge in [0.05, 0.1) is 6.54 Å². The van der Waals surface area contributed by atoms with Crippen LogP contribution in [0.15, 0.2) is 29.3 Å². The summed E-state index contributed by atoms with van der Waals surface area (Å²) in [5.41, 5.74) is 0. The van der Waals surface area contributed by atoms with Gasteiger partial charge in [-0.15, -0.1) is 0 Å². The molecule has 5 heteroatoms. The summed E-state index contributed by atoms with van der Waals surface area (Å²) in [5, 5.41) is 3.48. The minimum Gasteiger partial charge on any atom is -0.489 e. The van der Waals surface area contributed by atoms with E-state index in [4.69, 9.17) is 4.74 Å². The number of nitrogens with one attached hydrogen (secondary N) is 1. The molecule has 0 saturated heterocycles. The van der Waals surface area contributed by atoms with Crippen LogP contribution in [0.4, 0.5) is 4.39 Å². The fraction of sp³-hybridized carbons (Fsp3) is 0.588. The van der Waals surface area contributed by atoms with Gasteiger partial charge in [0.2, 0.25) is 0 Å². The van der Waals surface area contributed by atoms with Gasteiger partial charge in [-0.1, -0.05) is 25.5 Å². The summed E-state index contributed by atoms with van der Waals surface area (Å²) in [4.78, 5) is 6.32. The number of benzene rings is 1. The maximum Gasteiger partial charge on any atom is 0.193 e. The molecule has 0 aromatic heterocycles. The zero-order valence-electron chi connectivity index (χ0n) is 13.7. The highest BCUT2D eigenvalue weighted by molar-refractivity contribution is 5.80. The number of guanidine groups is 1. The van der Waals surface area contributed by atoms with Gasteiger partial charge in [-0.05, 0) is 30.9 Å². The molecule has 1 fully saturated rings. The smallest absolute Gasteiger partial charge is 0.193 e. The Morgan fingerprint density at radius 2 is 2.23 bits per heavy atom. The van der Waals surface area contributed by atoms with Crippen LogP contribution in [0.5, 0.6) is 5.75 Å². The normalized spacial score (nSPS) is 20.6. The zero-order valence-corrected chi connectivity index (χ0v) is 13.7. The average Bonchev–Trinajstić information content (AvgIpc) is 3.25. The van der Waals surface area contributed by atoms with Gasteiger partial charge in [0.15, 0.2) is 17.5 Å². The van der Waals surface area contributed by atoms with E-state index >= 15 is 0 Å². The van der Waals surface area contributed by atoms with E-state index in [9.17, 15) is 4.39 Å². The second kappa shape index (κ2) is 8.01. The van der Waals surface area contributed by atoms with E-state index < -0.39 is 0 Å². The number of rotatable bonds is 7. The van der Waals surface area contributed by atoms with Crippen LogP contribution in [0.2, 0.25) is 0 Å². The number of nitrogens with zero attached hydrogens (tertiary/aromatic N) is 2. The molecular weight excluding hydrogens is 281 g/mol. The third-order valence-electron chi connectivity index (χ3n) is 3.99. The molecule has 22 heavy (non-hydrogen) atoms. The molecule has 122 valence electrons. The largest absolute Gasteiger partial charge is 0.489 e. The molecule has 0 heterocycles. The van der Waals surface area contributed by atoms with Crippen LogP contribution in [-0.2, 0) is 0 Å². The van der Waals surface area contributed by atoms with Crippen LogP contribution < -0.4 is 10.1 Å². The summed E-state index contributed by atoms with van der Waals surface area (Å²) >= 11 is 0. The molecule has 2 rings (SSSR count). The molecule has 0 spiro atoms. The molecule has 1 aromatic carbocycles. The van der Waals surface area contributed by atoms with Crippen LogP contribution in [0.25, 0.3) is 0 Å². The molecule has 2 unspecified atom stereocenters. The molecule has 0 bridgehead atoms. The third kappa shape index (κ3) is 4.61. The molecule has 1 aromatic rings. The first-order chi connectivity index (χ1) is 10.7. The van der Waals surface area contributed by atoms with Crippen LogP contribution in [0.3, 0.4) is 0 Å². The Balaban J connectivity index is 1.73. The van der Waals surface area contributed by atoms with Gasteiger partial charge in [-0.2, -0.15) is 0 Å². The minimum atomic E-state index is -0.326. The Hall–Kier alpha value is -1.78. The second-order valence-electron chi connectivity index (χ2n) is 5.78. The van der Waals surface area contributed by atoms with Gasteiger partial charge >= 0.3 is 0 Å². The van der Waals surface area contributed by atoms with Crippen molar-refractivity contribution in [3.05, 3.63) is 30.1 Å². The second-order valence-corrected chi connectivity index (χ2v) is 5.78. The van der Waals surface area contributed by atoms with E-state index in [0.717, 1.165) is 11.9 Å². The predicted molar refractivity (Wildman–Crippen MR) is 87.8 cm³/mol. The van der Waals surface area contributed by atoms with Crippen molar-refractivity contribution in [2.24, 2.45) is 10.9 Å². The number of hydrogen-bond acceptors (Lipinski definition) is 2. The molecular formula is C17H26FN3O. The van der Waals surface area contributed by atoms with E-state index in [2.05, 4.69) is 17.2 Å². The van der Waals surface area contributed by atoms with Crippen molar-refractivity contribution < 1.29 is 9.13 Å². The summed E-state index contributed by atoms with van der Waals surface area (Å²) in [7, 11) is 3.75. The fourth-order valence-electron chi connectivity index (χ4n) is 2.59. The van der Waals surface area contributed by atoms with Crippen LogP contribution in [-0.4, -0.2) is 44.1 Å². The van der Waals surface area contributed by atoms with Gasteiger partial charge in [0.1, 0.15) is 6.61 Å². The Morgan fingerprint density at radius 1 is 1.45 bits per heavy atom. The SMILES string of the molecule is CCCC1CC1NC(=NC)N(C)CCOc1ccccc1F. The van der Waals surface area contributed by atoms with Gasteiger partial charge in [0.25, 0.3) is 0 Å². The minimum absolute atomic E-state index is 0.295. The van der Waals surface area contributed by atoms with Crippen molar-refractivity contribution in [2.75, 3.05) is 27.2 Å². The first-order valence-corrected chi connectivity index (χ1v) is 7.97. The highest BCUT2D eigenvalue weighted by atomic mass is 19.1. The molecule has 1 saturated carbocycles. The summed E-state index contributed by atoms with van der Waals surface area (Å²) in [6.07, 6.45) is 3.73. The van der Waals surface area contributed by atoms with Gasteiger partial charge < -0.3 is 15.0 Å². The van der Waals surface area contributed by atoms with Gasteiger partial charge in [-0.3, -0.25) is 4.99 Å². The molecule has 1 aliphatic carbocycles. The highest BCUT2D eigenvalue weighted by Gasteiger charge is 2.36. The van der Waals surface area contributed by atoms with E-state index in [-0.39, 0.29) is 5.82 Å². The number of aliphatic imine (C=N–C) groups is 1. The standard InChI is InChI=1S/C17H26FN3O/c1-4-7-13-12-15(13)20-17(19-2)21(3)10-11-22-16-9-6-5-8-14(16)18/h5-6,8-9,13,15H,4,7,10-12H2,1-3H3,(H,19,20). The van der Waals surface area contributed by atoms with Crippen molar-refractivity contribution in [3.8, 4) is 5.75 Å². The summed E-state index contributed by atoms with van der Waals surface area (Å²) in [5.74, 6) is 1.63. The maximum absolute atomic E-state index is 13.5. The number of para-hydroxylation sites is 1. The number of halogens is 1. The van der Waals surface area contributed by atoms with Crippen LogP contribution in [0.1, 0.15) is 26.2 Å². The maximum atomic E-state index is 13.5. The lowest BCUT2D eigenvalue weighted by Crippen LogP contribution is -2.42. The van der Waals surface area contributed by atoms with E-state index in [1.54, 1.807) is 25.2 Å². The van der Waals surface area contributed by atoms with Crippen molar-refractivity contribution in [1.82, 2.24) is 10.2 Å². The Labute approximate surface area is 132 Å². The van der Waals surface area contributed by atoms with Crippen molar-refractivity contribution in [1.29, 1.82) is 0 Å². The summed E-state index contributed by atoms with van der Waals surface area (Å²) < 4.78 is 18.9. The molecule has 1 aliphatic rings. The number of likely N-dealkylation sites (N-methyl/N-ethyl adjacent to an activating group) is 1. The predicted octanol–water partition coefficient (Wildman–Crippen LogP) is 2.90. The van der Waals surface area contributed by atoms with E-state index in [1.807, 2.05) is 11.9 Å². The topological polar surface area (TPSA) is 36.9 Å². The molecule has 2 atom stereocenters. The molecule has 4 nitrogen and oxygen atoms in total. The Morgan fingerprint density at radius 3 is 2.91 bits per heavy atom. The van der Waals surface area contributed by atoms with Crippen LogP contribution in [0, 0.1) is 11.7 Å². The van der Waals surface area contributed by atoms with Crippen molar-refractivity contribution in [3.63, 3.8) is 0 Å². The lowest BCUT2D eigenvalue weighted by molar-refractivity contribution is 0.270. The highest BCUT2D eigenvalue weighted by Crippen LogP contribution is 2.34. The van der Waals surface area contributed by atoms with E-state index in [1.165, 1.54) is 25.3 Å². The first-order valence-electron chi connectivity index (χ1n) is 7.97. The average molecular weight is 307 g/mol. The molecule has 0 aliphatic heterocycles. The quantitative estimate of drug-likeness (QED) is 0.621. The van der Waals surface area contributed by atoms with Crippen LogP contribution >= 0.6 is 0 Å². The lowest BCUT2D eigenvalue weighted by atomic mass is 10.2. The van der Waals surface area contributed by atoms with Crippen molar-refractivity contribution in [2.45, 2.75) is 32.2 Å². The van der Waals surface area contributed by atoms with E-state index in [0.29, 0.717) is 24.9 Å². The third-order valence-corrected chi connectivity index (χ3v) is 3.99. The fourth-order valence-corrected chi connectivity index (χ4v) is 2.59. The number of ether oxygens (including phenoxy) is 1. The van der Waals surface area contributed by atoms with Gasteiger partial charge in [-0.25, -0.2) is 4.39 Å². The Kier molecular flexibility index (Phi) is 6.04. The Bertz CT molecular complexity index is 506. The zero-order chi connectivity index (χ0) is 15.9. The summed E-state index contributed by atoms with van der Waals surface area (Å²) in [6, 6.07) is 7.02. The van der Waals surface area contributed by atoms with Gasteiger partial charge in [0, 0.05) is 20.1 Å². The molecule has 0 amide bonds. The molecule has 1 N–H and O–H groups in total.